The Morgan fingerprint density at radius 1 is 1.29 bits per heavy atom. The van der Waals surface area contributed by atoms with Crippen molar-refractivity contribution in [1.82, 2.24) is 4.31 Å². The molecule has 4 rings (SSSR count). The molecule has 1 N–H and O–H groups in total. The summed E-state index contributed by atoms with van der Waals surface area (Å²) in [5, 5.41) is 13.0. The molecule has 148 valence electrons. The van der Waals surface area contributed by atoms with E-state index in [9.17, 15) is 18.5 Å². The summed E-state index contributed by atoms with van der Waals surface area (Å²) >= 11 is 8.37. The number of nitrogens with zero attached hydrogens (tertiary/aromatic N) is 2. The molecule has 0 spiro atoms. The molecule has 0 bridgehead atoms. The van der Waals surface area contributed by atoms with Crippen LogP contribution < -0.4 is 5.32 Å². The number of anilines is 1. The van der Waals surface area contributed by atoms with Gasteiger partial charge >= 0.3 is 0 Å². The van der Waals surface area contributed by atoms with Crippen LogP contribution in [0.3, 0.4) is 0 Å². The molecule has 2 aromatic heterocycles. The molecule has 1 saturated heterocycles. The molecule has 1 fully saturated rings. The molecule has 10 heteroatoms. The van der Waals surface area contributed by atoms with Gasteiger partial charge in [-0.15, -0.1) is 22.7 Å². The fourth-order valence-corrected chi connectivity index (χ4v) is 8.17. The van der Waals surface area contributed by atoms with E-state index in [2.05, 4.69) is 11.4 Å². The van der Waals surface area contributed by atoms with Crippen LogP contribution in [0.15, 0.2) is 16.3 Å². The summed E-state index contributed by atoms with van der Waals surface area (Å²) in [4.78, 5) is 14.0. The first kappa shape index (κ1) is 19.9. The summed E-state index contributed by atoms with van der Waals surface area (Å²) in [6.07, 6.45) is 4.11. The van der Waals surface area contributed by atoms with Gasteiger partial charge in [-0.05, 0) is 49.8 Å². The highest BCUT2D eigenvalue weighted by atomic mass is 35.5. The van der Waals surface area contributed by atoms with E-state index in [0.717, 1.165) is 36.2 Å². The van der Waals surface area contributed by atoms with Gasteiger partial charge in [-0.2, -0.15) is 9.57 Å². The number of hydrogen-bond acceptors (Lipinski definition) is 6. The normalized spacial score (nSPS) is 19.9. The minimum Gasteiger partial charge on any atom is -0.316 e. The van der Waals surface area contributed by atoms with E-state index >= 15 is 0 Å². The Morgan fingerprint density at radius 3 is 2.82 bits per heavy atom. The second-order valence-electron chi connectivity index (χ2n) is 6.92. The quantitative estimate of drug-likeness (QED) is 0.757. The smallest absolute Gasteiger partial charge is 0.252 e. The molecular weight excluding hydrogens is 438 g/mol. The lowest BCUT2D eigenvalue weighted by atomic mass is 9.99. The largest absolute Gasteiger partial charge is 0.316 e. The van der Waals surface area contributed by atoms with E-state index < -0.39 is 15.9 Å². The summed E-state index contributed by atoms with van der Waals surface area (Å²) < 4.78 is 27.6. The van der Waals surface area contributed by atoms with Crippen molar-refractivity contribution < 1.29 is 13.2 Å². The minimum absolute atomic E-state index is 0.136. The number of thiophene rings is 2. The van der Waals surface area contributed by atoms with Gasteiger partial charge in [-0.1, -0.05) is 11.6 Å². The van der Waals surface area contributed by atoms with E-state index in [-0.39, 0.29) is 16.7 Å². The number of halogens is 1. The zero-order valence-electron chi connectivity index (χ0n) is 14.9. The molecule has 2 aromatic rings. The molecule has 0 radical (unpaired) electrons. The lowest BCUT2D eigenvalue weighted by molar-refractivity contribution is -0.120. The lowest BCUT2D eigenvalue weighted by Gasteiger charge is -2.30. The Hall–Kier alpha value is -1.44. The van der Waals surface area contributed by atoms with E-state index in [1.54, 1.807) is 6.07 Å². The molecule has 0 aromatic carbocycles. The van der Waals surface area contributed by atoms with E-state index in [0.29, 0.717) is 34.3 Å². The highest BCUT2D eigenvalue weighted by Crippen LogP contribution is 2.39. The van der Waals surface area contributed by atoms with Crippen molar-refractivity contribution in [2.24, 2.45) is 5.92 Å². The van der Waals surface area contributed by atoms with Crippen LogP contribution in [0, 0.1) is 17.2 Å². The standard InChI is InChI=1S/C18H18ClN3O3S3/c19-15-6-7-16(27-15)28(24,25)22-8-2-3-11(10-22)17(23)21-18-13(9-20)12-4-1-5-14(12)26-18/h6-7,11H,1-5,8,10H2,(H,21,23). The number of aryl methyl sites for hydroxylation is 1. The van der Waals surface area contributed by atoms with Crippen LogP contribution in [-0.4, -0.2) is 31.7 Å². The van der Waals surface area contributed by atoms with Gasteiger partial charge in [-0.3, -0.25) is 4.79 Å². The first-order chi connectivity index (χ1) is 13.4. The molecule has 2 aliphatic rings. The Labute approximate surface area is 176 Å². The number of nitrogens with one attached hydrogen (secondary N) is 1. The van der Waals surface area contributed by atoms with Crippen molar-refractivity contribution >= 4 is 55.2 Å². The number of rotatable bonds is 4. The summed E-state index contributed by atoms with van der Waals surface area (Å²) in [6, 6.07) is 5.28. The average Bonchev–Trinajstić information content (AvgIpc) is 3.38. The maximum atomic E-state index is 12.8. The third-order valence-corrected chi connectivity index (χ3v) is 9.94. The maximum Gasteiger partial charge on any atom is 0.252 e. The van der Waals surface area contributed by atoms with Crippen LogP contribution in [0.25, 0.3) is 0 Å². The second-order valence-corrected chi connectivity index (χ2v) is 11.9. The number of nitriles is 1. The molecule has 1 atom stereocenters. The Bertz CT molecular complexity index is 1070. The maximum absolute atomic E-state index is 12.8. The van der Waals surface area contributed by atoms with Crippen molar-refractivity contribution in [2.45, 2.75) is 36.3 Å². The number of hydrogen-bond donors (Lipinski definition) is 1. The number of carbonyl (C=O) groups excluding carboxylic acids is 1. The van der Waals surface area contributed by atoms with Crippen LogP contribution >= 0.6 is 34.3 Å². The fraction of sp³-hybridized carbons (Fsp3) is 0.444. The van der Waals surface area contributed by atoms with Gasteiger partial charge in [0.2, 0.25) is 5.91 Å². The Morgan fingerprint density at radius 2 is 2.11 bits per heavy atom. The van der Waals surface area contributed by atoms with E-state index in [1.165, 1.54) is 26.6 Å². The summed E-state index contributed by atoms with van der Waals surface area (Å²) in [5.74, 6) is -0.664. The zero-order valence-corrected chi connectivity index (χ0v) is 18.1. The second kappa shape index (κ2) is 7.76. The molecule has 1 amide bonds. The highest BCUT2D eigenvalue weighted by Gasteiger charge is 2.35. The van der Waals surface area contributed by atoms with Crippen LogP contribution in [-0.2, 0) is 27.7 Å². The van der Waals surface area contributed by atoms with Crippen molar-refractivity contribution in [1.29, 1.82) is 5.26 Å². The summed E-state index contributed by atoms with van der Waals surface area (Å²) in [5.41, 5.74) is 1.63. The first-order valence-electron chi connectivity index (χ1n) is 9.01. The fourth-order valence-electron chi connectivity index (χ4n) is 3.76. The predicted molar refractivity (Wildman–Crippen MR) is 111 cm³/mol. The minimum atomic E-state index is -3.65. The predicted octanol–water partition coefficient (Wildman–Crippen LogP) is 3.86. The molecule has 1 unspecified atom stereocenters. The lowest BCUT2D eigenvalue weighted by Crippen LogP contribution is -2.43. The van der Waals surface area contributed by atoms with Crippen LogP contribution in [0.5, 0.6) is 0 Å². The number of carbonyl (C=O) groups is 1. The van der Waals surface area contributed by atoms with Crippen LogP contribution in [0.2, 0.25) is 4.34 Å². The SMILES string of the molecule is N#Cc1c(NC(=O)C2CCCN(S(=O)(=O)c3ccc(Cl)s3)C2)sc2c1CCC2. The van der Waals surface area contributed by atoms with E-state index in [4.69, 9.17) is 11.6 Å². The number of sulfonamides is 1. The highest BCUT2D eigenvalue weighted by molar-refractivity contribution is 7.91. The molecule has 0 saturated carbocycles. The Kier molecular flexibility index (Phi) is 5.51. The van der Waals surface area contributed by atoms with Gasteiger partial charge in [0.15, 0.2) is 0 Å². The van der Waals surface area contributed by atoms with Crippen molar-refractivity contribution in [2.75, 3.05) is 18.4 Å². The van der Waals surface area contributed by atoms with Crippen LogP contribution in [0.4, 0.5) is 5.00 Å². The van der Waals surface area contributed by atoms with Gasteiger partial charge in [0.25, 0.3) is 10.0 Å². The van der Waals surface area contributed by atoms with Gasteiger partial charge in [0, 0.05) is 18.0 Å². The third kappa shape index (κ3) is 3.60. The van der Waals surface area contributed by atoms with Crippen molar-refractivity contribution in [3.05, 3.63) is 32.5 Å². The van der Waals surface area contributed by atoms with Gasteiger partial charge in [0.05, 0.1) is 15.8 Å². The van der Waals surface area contributed by atoms with Gasteiger partial charge in [-0.25, -0.2) is 8.42 Å². The number of amides is 1. The molecule has 1 aliphatic carbocycles. The van der Waals surface area contributed by atoms with Gasteiger partial charge < -0.3 is 5.32 Å². The number of fused-ring (bicyclic) bond motifs is 1. The summed E-state index contributed by atoms with van der Waals surface area (Å²) in [6.45, 7) is 0.523. The topological polar surface area (TPSA) is 90.3 Å². The Balaban J connectivity index is 1.49. The van der Waals surface area contributed by atoms with Crippen molar-refractivity contribution in [3.63, 3.8) is 0 Å². The molecule has 1 aliphatic heterocycles. The molecule has 28 heavy (non-hydrogen) atoms. The molecule has 6 nitrogen and oxygen atoms in total. The van der Waals surface area contributed by atoms with Gasteiger partial charge in [0.1, 0.15) is 15.3 Å². The first-order valence-corrected chi connectivity index (χ1v) is 12.5. The third-order valence-electron chi connectivity index (χ3n) is 5.17. The van der Waals surface area contributed by atoms with Crippen molar-refractivity contribution in [3.8, 4) is 6.07 Å². The monoisotopic (exact) mass is 455 g/mol. The average molecular weight is 456 g/mol. The molecule has 3 heterocycles. The zero-order chi connectivity index (χ0) is 19.9. The number of piperidine rings is 1. The molecular formula is C18H18ClN3O3S3. The van der Waals surface area contributed by atoms with Crippen LogP contribution in [0.1, 0.15) is 35.3 Å². The van der Waals surface area contributed by atoms with E-state index in [1.807, 2.05) is 0 Å². The summed E-state index contributed by atoms with van der Waals surface area (Å²) in [7, 11) is -3.65.